The SMILES string of the molecule is CC(C)(C)NC(=O)OC1CCN(CCc2nc3c(F)cc(F)cc3[nH]c2=O)CC1. The molecule has 1 aromatic carbocycles. The first-order valence-electron chi connectivity index (χ1n) is 9.70. The van der Waals surface area contributed by atoms with Crippen molar-refractivity contribution in [1.29, 1.82) is 0 Å². The number of benzene rings is 1. The highest BCUT2D eigenvalue weighted by atomic mass is 19.1. The summed E-state index contributed by atoms with van der Waals surface area (Å²) in [4.78, 5) is 32.8. The number of carbonyl (C=O) groups excluding carboxylic acids is 1. The minimum atomic E-state index is -0.802. The minimum absolute atomic E-state index is 0.0435. The molecule has 3 rings (SSSR count). The van der Waals surface area contributed by atoms with E-state index in [9.17, 15) is 18.4 Å². The highest BCUT2D eigenvalue weighted by molar-refractivity contribution is 5.74. The summed E-state index contributed by atoms with van der Waals surface area (Å²) in [7, 11) is 0. The second-order valence-corrected chi connectivity index (χ2v) is 8.37. The van der Waals surface area contributed by atoms with Crippen LogP contribution in [0.5, 0.6) is 0 Å². The quantitative estimate of drug-likeness (QED) is 0.812. The second-order valence-electron chi connectivity index (χ2n) is 8.37. The van der Waals surface area contributed by atoms with Crippen LogP contribution in [0.3, 0.4) is 0 Å². The zero-order valence-electron chi connectivity index (χ0n) is 16.8. The third-order valence-corrected chi connectivity index (χ3v) is 4.74. The van der Waals surface area contributed by atoms with Crippen LogP contribution in [0, 0.1) is 11.6 Å². The van der Waals surface area contributed by atoms with Crippen LogP contribution in [0.4, 0.5) is 13.6 Å². The molecule has 1 aliphatic rings. The van der Waals surface area contributed by atoms with Gasteiger partial charge in [0, 0.05) is 37.7 Å². The lowest BCUT2D eigenvalue weighted by Gasteiger charge is -2.32. The van der Waals surface area contributed by atoms with Gasteiger partial charge >= 0.3 is 6.09 Å². The van der Waals surface area contributed by atoms with Gasteiger partial charge in [0.2, 0.25) is 0 Å². The number of likely N-dealkylation sites (tertiary alicyclic amines) is 1. The molecular weight excluding hydrogens is 382 g/mol. The van der Waals surface area contributed by atoms with Crippen LogP contribution in [0.25, 0.3) is 11.0 Å². The highest BCUT2D eigenvalue weighted by Crippen LogP contribution is 2.17. The first kappa shape index (κ1) is 21.2. The Bertz CT molecular complexity index is 947. The number of nitrogens with zero attached hydrogens (tertiary/aromatic N) is 2. The number of halogens is 2. The molecule has 1 aliphatic heterocycles. The Morgan fingerprint density at radius 1 is 1.31 bits per heavy atom. The van der Waals surface area contributed by atoms with Gasteiger partial charge in [0.05, 0.1) is 5.52 Å². The molecule has 0 spiro atoms. The first-order chi connectivity index (χ1) is 13.6. The zero-order valence-corrected chi connectivity index (χ0v) is 16.8. The third-order valence-electron chi connectivity index (χ3n) is 4.74. The van der Waals surface area contributed by atoms with Crippen molar-refractivity contribution in [3.63, 3.8) is 0 Å². The van der Waals surface area contributed by atoms with Gasteiger partial charge in [-0.2, -0.15) is 0 Å². The normalized spacial score (nSPS) is 16.2. The number of rotatable bonds is 4. The number of hydrogen-bond donors (Lipinski definition) is 2. The van der Waals surface area contributed by atoms with Crippen LogP contribution in [-0.4, -0.2) is 52.2 Å². The van der Waals surface area contributed by atoms with E-state index < -0.39 is 23.3 Å². The minimum Gasteiger partial charge on any atom is -0.446 e. The monoisotopic (exact) mass is 408 g/mol. The van der Waals surface area contributed by atoms with Crippen molar-refractivity contribution in [3.05, 3.63) is 39.8 Å². The fourth-order valence-electron chi connectivity index (χ4n) is 3.33. The van der Waals surface area contributed by atoms with Gasteiger partial charge in [-0.25, -0.2) is 18.6 Å². The molecule has 1 fully saturated rings. The Labute approximate surface area is 167 Å². The predicted octanol–water partition coefficient (Wildman–Crippen LogP) is 2.73. The van der Waals surface area contributed by atoms with Crippen molar-refractivity contribution in [2.45, 2.75) is 51.7 Å². The molecule has 0 saturated carbocycles. The molecule has 0 atom stereocenters. The lowest BCUT2D eigenvalue weighted by atomic mass is 10.1. The number of fused-ring (bicyclic) bond motifs is 1. The average Bonchev–Trinajstić information content (AvgIpc) is 2.59. The summed E-state index contributed by atoms with van der Waals surface area (Å²) in [5, 5.41) is 2.78. The molecule has 0 bridgehead atoms. The number of ether oxygens (including phenoxy) is 1. The van der Waals surface area contributed by atoms with Crippen molar-refractivity contribution in [2.75, 3.05) is 19.6 Å². The molecule has 2 heterocycles. The standard InChI is InChI=1S/C20H26F2N4O3/c1-20(2,3)25-19(28)29-13-4-7-26(8-5-13)9-6-15-18(27)24-16-11-12(21)10-14(22)17(16)23-15/h10-11,13H,4-9H2,1-3H3,(H,24,27)(H,25,28). The fraction of sp³-hybridized carbons (Fsp3) is 0.550. The maximum absolute atomic E-state index is 13.9. The van der Waals surface area contributed by atoms with Crippen molar-refractivity contribution in [2.24, 2.45) is 0 Å². The summed E-state index contributed by atoms with van der Waals surface area (Å²) in [5.74, 6) is -1.56. The Hall–Kier alpha value is -2.55. The molecule has 29 heavy (non-hydrogen) atoms. The first-order valence-corrected chi connectivity index (χ1v) is 9.70. The van der Waals surface area contributed by atoms with E-state index >= 15 is 0 Å². The molecule has 0 unspecified atom stereocenters. The number of amides is 1. The summed E-state index contributed by atoms with van der Waals surface area (Å²) >= 11 is 0. The number of H-pyrrole nitrogens is 1. The number of carbonyl (C=O) groups is 1. The van der Waals surface area contributed by atoms with Crippen LogP contribution < -0.4 is 10.9 Å². The number of piperidine rings is 1. The topological polar surface area (TPSA) is 87.3 Å². The summed E-state index contributed by atoms with van der Waals surface area (Å²) in [6, 6.07) is 1.80. The van der Waals surface area contributed by atoms with Crippen molar-refractivity contribution < 1.29 is 18.3 Å². The van der Waals surface area contributed by atoms with Gasteiger partial charge < -0.3 is 19.9 Å². The molecule has 2 N–H and O–H groups in total. The summed E-state index contributed by atoms with van der Waals surface area (Å²) in [5.41, 5.74) is -0.575. The van der Waals surface area contributed by atoms with Gasteiger partial charge in [0.15, 0.2) is 5.82 Å². The average molecular weight is 408 g/mol. The van der Waals surface area contributed by atoms with Crippen molar-refractivity contribution >= 4 is 17.1 Å². The highest BCUT2D eigenvalue weighted by Gasteiger charge is 2.24. The van der Waals surface area contributed by atoms with E-state index in [0.29, 0.717) is 25.8 Å². The number of aromatic nitrogens is 2. The van der Waals surface area contributed by atoms with E-state index in [1.165, 1.54) is 0 Å². The van der Waals surface area contributed by atoms with E-state index in [0.717, 1.165) is 25.2 Å². The van der Waals surface area contributed by atoms with E-state index in [4.69, 9.17) is 4.74 Å². The molecule has 1 amide bonds. The number of hydrogen-bond acceptors (Lipinski definition) is 5. The van der Waals surface area contributed by atoms with E-state index in [1.807, 2.05) is 20.8 Å². The molecule has 158 valence electrons. The summed E-state index contributed by atoms with van der Waals surface area (Å²) in [6.45, 7) is 7.69. The van der Waals surface area contributed by atoms with Gasteiger partial charge in [-0.15, -0.1) is 0 Å². The van der Waals surface area contributed by atoms with E-state index in [2.05, 4.69) is 20.2 Å². The van der Waals surface area contributed by atoms with Gasteiger partial charge in [-0.3, -0.25) is 4.79 Å². The molecule has 9 heteroatoms. The number of nitrogens with one attached hydrogen (secondary N) is 2. The lowest BCUT2D eigenvalue weighted by molar-refractivity contribution is 0.0474. The van der Waals surface area contributed by atoms with Crippen LogP contribution >= 0.6 is 0 Å². The third kappa shape index (κ3) is 5.72. The van der Waals surface area contributed by atoms with Crippen LogP contribution in [0.1, 0.15) is 39.3 Å². The Morgan fingerprint density at radius 2 is 2.00 bits per heavy atom. The number of aromatic amines is 1. The molecule has 0 aliphatic carbocycles. The summed E-state index contributed by atoms with van der Waals surface area (Å²) in [6.07, 6.45) is 1.19. The Kier molecular flexibility index (Phi) is 6.16. The largest absolute Gasteiger partial charge is 0.446 e. The van der Waals surface area contributed by atoms with Gasteiger partial charge in [0.1, 0.15) is 23.1 Å². The molecule has 1 aromatic heterocycles. The Balaban J connectivity index is 1.54. The maximum atomic E-state index is 13.9. The van der Waals surface area contributed by atoms with Crippen molar-refractivity contribution in [1.82, 2.24) is 20.2 Å². The zero-order chi connectivity index (χ0) is 21.2. The number of alkyl carbamates (subject to hydrolysis) is 1. The molecule has 1 saturated heterocycles. The predicted molar refractivity (Wildman–Crippen MR) is 105 cm³/mol. The van der Waals surface area contributed by atoms with E-state index in [-0.39, 0.29) is 28.4 Å². The van der Waals surface area contributed by atoms with Gasteiger partial charge in [-0.1, -0.05) is 0 Å². The lowest BCUT2D eigenvalue weighted by Crippen LogP contribution is -2.45. The molecule has 7 nitrogen and oxygen atoms in total. The molecule has 0 radical (unpaired) electrons. The van der Waals surface area contributed by atoms with Gasteiger partial charge in [-0.05, 0) is 39.7 Å². The Morgan fingerprint density at radius 3 is 2.66 bits per heavy atom. The smallest absolute Gasteiger partial charge is 0.407 e. The maximum Gasteiger partial charge on any atom is 0.407 e. The fourth-order valence-corrected chi connectivity index (χ4v) is 3.33. The van der Waals surface area contributed by atoms with E-state index in [1.54, 1.807) is 0 Å². The molecule has 2 aromatic rings. The van der Waals surface area contributed by atoms with Crippen molar-refractivity contribution in [3.8, 4) is 0 Å². The summed E-state index contributed by atoms with van der Waals surface area (Å²) < 4.78 is 32.7. The second kappa shape index (κ2) is 8.44. The van der Waals surface area contributed by atoms with Crippen LogP contribution in [0.2, 0.25) is 0 Å². The van der Waals surface area contributed by atoms with Gasteiger partial charge in [0.25, 0.3) is 5.56 Å². The van der Waals surface area contributed by atoms with Crippen LogP contribution in [-0.2, 0) is 11.2 Å². The van der Waals surface area contributed by atoms with Crippen LogP contribution in [0.15, 0.2) is 16.9 Å². The molecular formula is C20H26F2N4O3.